The van der Waals surface area contributed by atoms with Gasteiger partial charge < -0.3 is 9.84 Å². The van der Waals surface area contributed by atoms with Crippen LogP contribution < -0.4 is 5.32 Å². The van der Waals surface area contributed by atoms with Crippen LogP contribution in [0.4, 0.5) is 5.69 Å². The second kappa shape index (κ2) is 5.65. The number of carbonyl (C=O) groups excluding carboxylic acids is 1. The third kappa shape index (κ3) is 3.11. The molecule has 0 atom stereocenters. The number of nitrogens with zero attached hydrogens (tertiary/aromatic N) is 2. The molecule has 0 aliphatic rings. The summed E-state index contributed by atoms with van der Waals surface area (Å²) in [5.74, 6) is 0.911. The SMILES string of the molecule is CC(C)Cc1cc(C(=O)Nc2ccc3scnc3c2)no1. The van der Waals surface area contributed by atoms with Gasteiger partial charge in [-0.3, -0.25) is 4.79 Å². The lowest BCUT2D eigenvalue weighted by Gasteiger charge is -2.02. The average molecular weight is 301 g/mol. The Labute approximate surface area is 126 Å². The summed E-state index contributed by atoms with van der Waals surface area (Å²) in [5, 5.41) is 6.63. The van der Waals surface area contributed by atoms with E-state index in [1.807, 2.05) is 18.2 Å². The maximum Gasteiger partial charge on any atom is 0.277 e. The first-order valence-electron chi connectivity index (χ1n) is 6.72. The van der Waals surface area contributed by atoms with Gasteiger partial charge in [0.25, 0.3) is 5.91 Å². The van der Waals surface area contributed by atoms with E-state index < -0.39 is 0 Å². The largest absolute Gasteiger partial charge is 0.361 e. The summed E-state index contributed by atoms with van der Waals surface area (Å²) in [6, 6.07) is 7.33. The second-order valence-electron chi connectivity index (χ2n) is 5.27. The lowest BCUT2D eigenvalue weighted by Crippen LogP contribution is -2.12. The zero-order valence-corrected chi connectivity index (χ0v) is 12.6. The van der Waals surface area contributed by atoms with E-state index in [-0.39, 0.29) is 5.91 Å². The van der Waals surface area contributed by atoms with Crippen LogP contribution in [0.2, 0.25) is 0 Å². The van der Waals surface area contributed by atoms with Crippen LogP contribution >= 0.6 is 11.3 Å². The van der Waals surface area contributed by atoms with E-state index in [2.05, 4.69) is 29.3 Å². The minimum atomic E-state index is -0.275. The fourth-order valence-electron chi connectivity index (χ4n) is 2.05. The Kier molecular flexibility index (Phi) is 3.70. The number of nitrogens with one attached hydrogen (secondary N) is 1. The van der Waals surface area contributed by atoms with Gasteiger partial charge in [-0.15, -0.1) is 11.3 Å². The van der Waals surface area contributed by atoms with Crippen molar-refractivity contribution < 1.29 is 9.32 Å². The third-order valence-electron chi connectivity index (χ3n) is 2.99. The van der Waals surface area contributed by atoms with E-state index >= 15 is 0 Å². The Balaban J connectivity index is 1.74. The zero-order valence-electron chi connectivity index (χ0n) is 11.8. The minimum absolute atomic E-state index is 0.275. The molecule has 0 bridgehead atoms. The lowest BCUT2D eigenvalue weighted by atomic mass is 10.1. The van der Waals surface area contributed by atoms with Gasteiger partial charge >= 0.3 is 0 Å². The van der Waals surface area contributed by atoms with Gasteiger partial charge in [-0.2, -0.15) is 0 Å². The van der Waals surface area contributed by atoms with Crippen molar-refractivity contribution in [3.8, 4) is 0 Å². The number of thiazole rings is 1. The molecule has 0 aliphatic carbocycles. The summed E-state index contributed by atoms with van der Waals surface area (Å²) in [4.78, 5) is 16.4. The van der Waals surface area contributed by atoms with Crippen LogP contribution in [0.25, 0.3) is 10.2 Å². The molecule has 5 nitrogen and oxygen atoms in total. The molecular weight excluding hydrogens is 286 g/mol. The van der Waals surface area contributed by atoms with Crippen LogP contribution in [-0.2, 0) is 6.42 Å². The lowest BCUT2D eigenvalue weighted by molar-refractivity contribution is 0.101. The van der Waals surface area contributed by atoms with Gasteiger partial charge in [0.05, 0.1) is 15.7 Å². The number of hydrogen-bond acceptors (Lipinski definition) is 5. The van der Waals surface area contributed by atoms with Crippen molar-refractivity contribution in [2.75, 3.05) is 5.32 Å². The fraction of sp³-hybridized carbons (Fsp3) is 0.267. The number of aromatic nitrogens is 2. The molecule has 0 fully saturated rings. The third-order valence-corrected chi connectivity index (χ3v) is 3.80. The first kappa shape index (κ1) is 13.8. The Morgan fingerprint density at radius 2 is 2.24 bits per heavy atom. The predicted octanol–water partition coefficient (Wildman–Crippen LogP) is 3.74. The van der Waals surface area contributed by atoms with Crippen molar-refractivity contribution in [1.29, 1.82) is 0 Å². The highest BCUT2D eigenvalue weighted by Crippen LogP contribution is 2.22. The molecule has 2 heterocycles. The van der Waals surface area contributed by atoms with Crippen molar-refractivity contribution in [1.82, 2.24) is 10.1 Å². The monoisotopic (exact) mass is 301 g/mol. The molecule has 1 amide bonds. The van der Waals surface area contributed by atoms with Gasteiger partial charge in [0.15, 0.2) is 5.69 Å². The second-order valence-corrected chi connectivity index (χ2v) is 6.15. The number of benzene rings is 1. The number of hydrogen-bond donors (Lipinski definition) is 1. The van der Waals surface area contributed by atoms with E-state index in [1.54, 1.807) is 22.9 Å². The summed E-state index contributed by atoms with van der Waals surface area (Å²) in [6.07, 6.45) is 0.769. The molecule has 0 saturated heterocycles. The van der Waals surface area contributed by atoms with Crippen LogP contribution in [0, 0.1) is 5.92 Å². The topological polar surface area (TPSA) is 68.0 Å². The Morgan fingerprint density at radius 3 is 3.05 bits per heavy atom. The smallest absolute Gasteiger partial charge is 0.277 e. The molecule has 21 heavy (non-hydrogen) atoms. The molecule has 2 aromatic heterocycles. The van der Waals surface area contributed by atoms with Crippen LogP contribution in [0.5, 0.6) is 0 Å². The van der Waals surface area contributed by atoms with Gasteiger partial charge in [0.2, 0.25) is 0 Å². The first-order chi connectivity index (χ1) is 10.1. The summed E-state index contributed by atoms with van der Waals surface area (Å²) in [5.41, 5.74) is 3.65. The van der Waals surface area contributed by atoms with Crippen molar-refractivity contribution in [2.24, 2.45) is 5.92 Å². The number of fused-ring (bicyclic) bond motifs is 1. The van der Waals surface area contributed by atoms with Crippen molar-refractivity contribution in [3.05, 3.63) is 41.2 Å². The zero-order chi connectivity index (χ0) is 14.8. The minimum Gasteiger partial charge on any atom is -0.361 e. The van der Waals surface area contributed by atoms with Gasteiger partial charge in [0.1, 0.15) is 5.76 Å². The summed E-state index contributed by atoms with van der Waals surface area (Å²) in [6.45, 7) is 4.18. The van der Waals surface area contributed by atoms with Gasteiger partial charge in [-0.05, 0) is 24.1 Å². The standard InChI is InChI=1S/C15H15N3O2S/c1-9(2)5-11-7-13(18-20-11)15(19)17-10-3-4-14-12(6-10)16-8-21-14/h3-4,6-9H,5H2,1-2H3,(H,17,19). The molecule has 3 rings (SSSR count). The van der Waals surface area contributed by atoms with Crippen LogP contribution in [-0.4, -0.2) is 16.0 Å². The van der Waals surface area contributed by atoms with E-state index in [1.165, 1.54) is 0 Å². The molecule has 1 aromatic carbocycles. The van der Waals surface area contributed by atoms with Gasteiger partial charge in [-0.25, -0.2) is 4.98 Å². The molecule has 0 unspecified atom stereocenters. The average Bonchev–Trinajstić information content (AvgIpc) is 3.06. The number of rotatable bonds is 4. The highest BCUT2D eigenvalue weighted by atomic mass is 32.1. The Hall–Kier alpha value is -2.21. The van der Waals surface area contributed by atoms with Gasteiger partial charge in [0, 0.05) is 18.2 Å². The van der Waals surface area contributed by atoms with Crippen molar-refractivity contribution in [3.63, 3.8) is 0 Å². The van der Waals surface area contributed by atoms with Crippen molar-refractivity contribution in [2.45, 2.75) is 20.3 Å². The van der Waals surface area contributed by atoms with E-state index in [9.17, 15) is 4.79 Å². The van der Waals surface area contributed by atoms with E-state index in [4.69, 9.17) is 4.52 Å². The molecule has 0 aliphatic heterocycles. The molecule has 1 N–H and O–H groups in total. The maximum absolute atomic E-state index is 12.1. The molecule has 0 saturated carbocycles. The van der Waals surface area contributed by atoms with Gasteiger partial charge in [-0.1, -0.05) is 19.0 Å². The molecule has 108 valence electrons. The Bertz CT molecular complexity index is 776. The highest BCUT2D eigenvalue weighted by Gasteiger charge is 2.14. The molecule has 0 spiro atoms. The van der Waals surface area contributed by atoms with Crippen LogP contribution in [0.15, 0.2) is 34.3 Å². The summed E-state index contributed by atoms with van der Waals surface area (Å²) < 4.78 is 6.26. The summed E-state index contributed by atoms with van der Waals surface area (Å²) >= 11 is 1.57. The predicted molar refractivity (Wildman–Crippen MR) is 82.6 cm³/mol. The summed E-state index contributed by atoms with van der Waals surface area (Å²) in [7, 11) is 0. The fourth-order valence-corrected chi connectivity index (χ4v) is 2.71. The highest BCUT2D eigenvalue weighted by molar-refractivity contribution is 7.16. The van der Waals surface area contributed by atoms with Crippen LogP contribution in [0.1, 0.15) is 30.1 Å². The number of amides is 1. The number of anilines is 1. The maximum atomic E-state index is 12.1. The first-order valence-corrected chi connectivity index (χ1v) is 7.60. The Morgan fingerprint density at radius 1 is 1.38 bits per heavy atom. The normalized spacial score (nSPS) is 11.2. The van der Waals surface area contributed by atoms with Crippen LogP contribution in [0.3, 0.4) is 0 Å². The molecule has 3 aromatic rings. The van der Waals surface area contributed by atoms with Crippen molar-refractivity contribution >= 4 is 33.1 Å². The molecule has 0 radical (unpaired) electrons. The van der Waals surface area contributed by atoms with E-state index in [0.717, 1.165) is 22.4 Å². The molecular formula is C15H15N3O2S. The quantitative estimate of drug-likeness (QED) is 0.797. The molecule has 6 heteroatoms. The number of carbonyl (C=O) groups is 1. The van der Waals surface area contributed by atoms with E-state index in [0.29, 0.717) is 17.3 Å².